The molecular formula is C18H19N3O4. The molecule has 0 saturated heterocycles. The average Bonchev–Trinajstić information content (AvgIpc) is 2.61. The Kier molecular flexibility index (Phi) is 6.11. The largest absolute Gasteiger partial charge is 0.504 e. The number of carbonyl (C=O) groups excluding carboxylic acids is 2. The van der Waals surface area contributed by atoms with Crippen LogP contribution in [0.5, 0.6) is 11.5 Å². The summed E-state index contributed by atoms with van der Waals surface area (Å²) in [5.41, 5.74) is 4.01. The van der Waals surface area contributed by atoms with Gasteiger partial charge in [-0.15, -0.1) is 0 Å². The summed E-state index contributed by atoms with van der Waals surface area (Å²) in [4.78, 5) is 23.7. The van der Waals surface area contributed by atoms with Gasteiger partial charge in [0.1, 0.15) is 0 Å². The fourth-order valence-electron chi connectivity index (χ4n) is 2.10. The Bertz CT molecular complexity index is 803. The first-order valence-corrected chi connectivity index (χ1v) is 7.54. The molecule has 0 fully saturated rings. The number of ether oxygens (including phenoxy) is 1. The second-order valence-electron chi connectivity index (χ2n) is 5.19. The summed E-state index contributed by atoms with van der Waals surface area (Å²) in [5.74, 6) is -0.583. The van der Waals surface area contributed by atoms with Gasteiger partial charge in [-0.1, -0.05) is 24.3 Å². The molecule has 0 heterocycles. The molecule has 130 valence electrons. The van der Waals surface area contributed by atoms with Gasteiger partial charge in [-0.05, 0) is 30.7 Å². The zero-order chi connectivity index (χ0) is 18.2. The van der Waals surface area contributed by atoms with Crippen LogP contribution in [-0.4, -0.2) is 36.8 Å². The maximum absolute atomic E-state index is 12.0. The van der Waals surface area contributed by atoms with Gasteiger partial charge >= 0.3 is 0 Å². The third kappa shape index (κ3) is 4.81. The number of hydrogen-bond donors (Lipinski definition) is 3. The Morgan fingerprint density at radius 2 is 1.96 bits per heavy atom. The standard InChI is InChI=1S/C18H19N3O4/c1-12-6-3-4-8-14(12)18(24)19-11-16(22)21-20-10-13-7-5-9-15(25-2)17(13)23/h3-10,23H,11H2,1-2H3,(H,19,24)(H,21,22)/b20-10-. The lowest BCUT2D eigenvalue weighted by Gasteiger charge is -2.07. The highest BCUT2D eigenvalue weighted by Gasteiger charge is 2.09. The highest BCUT2D eigenvalue weighted by atomic mass is 16.5. The number of para-hydroxylation sites is 1. The minimum absolute atomic E-state index is 0.0733. The van der Waals surface area contributed by atoms with E-state index in [9.17, 15) is 14.7 Å². The van der Waals surface area contributed by atoms with Gasteiger partial charge in [0.05, 0.1) is 19.9 Å². The van der Waals surface area contributed by atoms with E-state index in [-0.39, 0.29) is 18.2 Å². The van der Waals surface area contributed by atoms with Crippen LogP contribution in [0.1, 0.15) is 21.5 Å². The van der Waals surface area contributed by atoms with Crippen molar-refractivity contribution in [3.8, 4) is 11.5 Å². The van der Waals surface area contributed by atoms with Gasteiger partial charge in [-0.25, -0.2) is 5.43 Å². The number of aromatic hydroxyl groups is 1. The summed E-state index contributed by atoms with van der Waals surface area (Å²) in [6.07, 6.45) is 1.29. The number of phenols is 1. The number of benzene rings is 2. The van der Waals surface area contributed by atoms with E-state index in [1.807, 2.05) is 19.1 Å². The van der Waals surface area contributed by atoms with Gasteiger partial charge in [0, 0.05) is 11.1 Å². The molecule has 0 saturated carbocycles. The number of hydrogen-bond acceptors (Lipinski definition) is 5. The van der Waals surface area contributed by atoms with Gasteiger partial charge in [-0.3, -0.25) is 9.59 Å². The van der Waals surface area contributed by atoms with Gasteiger partial charge in [0.2, 0.25) is 0 Å². The molecule has 0 bridgehead atoms. The van der Waals surface area contributed by atoms with Crippen molar-refractivity contribution in [1.29, 1.82) is 0 Å². The number of rotatable bonds is 6. The lowest BCUT2D eigenvalue weighted by atomic mass is 10.1. The number of aryl methyl sites for hydroxylation is 1. The number of nitrogens with one attached hydrogen (secondary N) is 2. The Morgan fingerprint density at radius 1 is 1.20 bits per heavy atom. The molecule has 0 spiro atoms. The molecule has 2 amide bonds. The third-order valence-corrected chi connectivity index (χ3v) is 3.44. The molecule has 25 heavy (non-hydrogen) atoms. The Labute approximate surface area is 145 Å². The number of phenolic OH excluding ortho intramolecular Hbond substituents is 1. The number of hydrazone groups is 1. The van der Waals surface area contributed by atoms with E-state index in [0.717, 1.165) is 5.56 Å². The van der Waals surface area contributed by atoms with E-state index in [0.29, 0.717) is 16.9 Å². The minimum atomic E-state index is -0.486. The van der Waals surface area contributed by atoms with Crippen LogP contribution < -0.4 is 15.5 Å². The minimum Gasteiger partial charge on any atom is -0.504 e. The first-order valence-electron chi connectivity index (χ1n) is 7.54. The predicted octanol–water partition coefficient (Wildman–Crippen LogP) is 1.59. The van der Waals surface area contributed by atoms with E-state index in [4.69, 9.17) is 4.74 Å². The van der Waals surface area contributed by atoms with Crippen molar-refractivity contribution >= 4 is 18.0 Å². The third-order valence-electron chi connectivity index (χ3n) is 3.44. The molecule has 7 heteroatoms. The summed E-state index contributed by atoms with van der Waals surface area (Å²) < 4.78 is 4.98. The molecule has 0 radical (unpaired) electrons. The van der Waals surface area contributed by atoms with E-state index >= 15 is 0 Å². The molecule has 0 atom stereocenters. The summed E-state index contributed by atoms with van der Waals surface area (Å²) in [6.45, 7) is 1.61. The van der Waals surface area contributed by atoms with Gasteiger partial charge in [0.25, 0.3) is 11.8 Å². The van der Waals surface area contributed by atoms with Crippen LogP contribution in [0.15, 0.2) is 47.6 Å². The van der Waals surface area contributed by atoms with Crippen molar-refractivity contribution in [2.75, 3.05) is 13.7 Å². The molecule has 0 aliphatic carbocycles. The highest BCUT2D eigenvalue weighted by Crippen LogP contribution is 2.27. The molecule has 2 rings (SSSR count). The van der Waals surface area contributed by atoms with Crippen molar-refractivity contribution in [3.63, 3.8) is 0 Å². The van der Waals surface area contributed by atoms with Crippen LogP contribution in [0.2, 0.25) is 0 Å². The van der Waals surface area contributed by atoms with Crippen LogP contribution in [0.4, 0.5) is 0 Å². The Morgan fingerprint density at radius 3 is 2.68 bits per heavy atom. The Balaban J connectivity index is 1.87. The first kappa shape index (κ1) is 18.0. The van der Waals surface area contributed by atoms with Crippen molar-refractivity contribution in [2.24, 2.45) is 5.10 Å². The molecule has 7 nitrogen and oxygen atoms in total. The molecule has 0 aliphatic rings. The summed E-state index contributed by atoms with van der Waals surface area (Å²) in [5, 5.41) is 16.2. The fourth-order valence-corrected chi connectivity index (χ4v) is 2.10. The number of amides is 2. The lowest BCUT2D eigenvalue weighted by Crippen LogP contribution is -2.35. The van der Waals surface area contributed by atoms with Gasteiger partial charge < -0.3 is 15.2 Å². The van der Waals surface area contributed by atoms with Crippen molar-refractivity contribution < 1.29 is 19.4 Å². The van der Waals surface area contributed by atoms with Crippen molar-refractivity contribution in [3.05, 3.63) is 59.2 Å². The zero-order valence-electron chi connectivity index (χ0n) is 13.9. The van der Waals surface area contributed by atoms with E-state index in [2.05, 4.69) is 15.8 Å². The Hall–Kier alpha value is -3.35. The molecule has 2 aromatic rings. The van der Waals surface area contributed by atoms with Crippen LogP contribution in [-0.2, 0) is 4.79 Å². The second-order valence-corrected chi connectivity index (χ2v) is 5.19. The maximum atomic E-state index is 12.0. The molecule has 2 aromatic carbocycles. The van der Waals surface area contributed by atoms with E-state index in [1.165, 1.54) is 13.3 Å². The fraction of sp³-hybridized carbons (Fsp3) is 0.167. The SMILES string of the molecule is COc1cccc(/C=N\NC(=O)CNC(=O)c2ccccc2C)c1O. The number of carbonyl (C=O) groups is 2. The van der Waals surface area contributed by atoms with Crippen LogP contribution in [0, 0.1) is 6.92 Å². The molecule has 0 unspecified atom stereocenters. The molecular weight excluding hydrogens is 322 g/mol. The summed E-state index contributed by atoms with van der Waals surface area (Å²) >= 11 is 0. The monoisotopic (exact) mass is 341 g/mol. The number of methoxy groups -OCH3 is 1. The second kappa shape index (κ2) is 8.49. The quantitative estimate of drug-likeness (QED) is 0.549. The predicted molar refractivity (Wildman–Crippen MR) is 93.9 cm³/mol. The summed E-state index contributed by atoms with van der Waals surface area (Å²) in [7, 11) is 1.44. The maximum Gasteiger partial charge on any atom is 0.259 e. The van der Waals surface area contributed by atoms with Crippen molar-refractivity contribution in [2.45, 2.75) is 6.92 Å². The van der Waals surface area contributed by atoms with Crippen LogP contribution >= 0.6 is 0 Å². The van der Waals surface area contributed by atoms with Crippen molar-refractivity contribution in [1.82, 2.24) is 10.7 Å². The lowest BCUT2D eigenvalue weighted by molar-refractivity contribution is -0.120. The topological polar surface area (TPSA) is 100 Å². The van der Waals surface area contributed by atoms with Gasteiger partial charge in [-0.2, -0.15) is 5.10 Å². The summed E-state index contributed by atoms with van der Waals surface area (Å²) in [6, 6.07) is 12.0. The normalized spacial score (nSPS) is 10.5. The molecule has 0 aliphatic heterocycles. The van der Waals surface area contributed by atoms with E-state index in [1.54, 1.807) is 30.3 Å². The van der Waals surface area contributed by atoms with Crippen LogP contribution in [0.25, 0.3) is 0 Å². The van der Waals surface area contributed by atoms with E-state index < -0.39 is 5.91 Å². The zero-order valence-corrected chi connectivity index (χ0v) is 13.9. The molecule has 0 aromatic heterocycles. The first-order chi connectivity index (χ1) is 12.0. The highest BCUT2D eigenvalue weighted by molar-refractivity contribution is 5.97. The molecule has 3 N–H and O–H groups in total. The van der Waals surface area contributed by atoms with Gasteiger partial charge in [0.15, 0.2) is 11.5 Å². The number of nitrogens with zero attached hydrogens (tertiary/aromatic N) is 1. The smallest absolute Gasteiger partial charge is 0.259 e. The average molecular weight is 341 g/mol. The van der Waals surface area contributed by atoms with Crippen LogP contribution in [0.3, 0.4) is 0 Å².